The molecule has 1 unspecified atom stereocenters. The van der Waals surface area contributed by atoms with Crippen molar-refractivity contribution in [3.05, 3.63) is 35.4 Å². The summed E-state index contributed by atoms with van der Waals surface area (Å²) in [7, 11) is 0. The van der Waals surface area contributed by atoms with Gasteiger partial charge in [-0.1, -0.05) is 12.1 Å². The average Bonchev–Trinajstić information content (AvgIpc) is 2.36. The van der Waals surface area contributed by atoms with Crippen LogP contribution in [0.25, 0.3) is 0 Å². The van der Waals surface area contributed by atoms with Crippen molar-refractivity contribution in [2.75, 3.05) is 6.61 Å². The normalized spacial score (nSPS) is 14.6. The highest BCUT2D eigenvalue weighted by Crippen LogP contribution is 2.32. The molecule has 0 fully saturated rings. The fourth-order valence-corrected chi connectivity index (χ4v) is 1.77. The number of ether oxygens (including phenoxy) is 1. The molecule has 0 aliphatic heterocycles. The maximum absolute atomic E-state index is 12.7. The van der Waals surface area contributed by atoms with E-state index in [-0.39, 0.29) is 31.4 Å². The molecule has 0 saturated carbocycles. The van der Waals surface area contributed by atoms with Crippen LogP contribution in [0.4, 0.5) is 13.2 Å². The van der Waals surface area contributed by atoms with E-state index in [1.54, 1.807) is 33.8 Å². The van der Waals surface area contributed by atoms with Gasteiger partial charge in [0.25, 0.3) is 0 Å². The van der Waals surface area contributed by atoms with Crippen LogP contribution in [0.2, 0.25) is 0 Å². The molecule has 0 amide bonds. The van der Waals surface area contributed by atoms with Crippen molar-refractivity contribution in [1.29, 1.82) is 0 Å². The second-order valence-corrected chi connectivity index (χ2v) is 6.63. The fourth-order valence-electron chi connectivity index (χ4n) is 1.77. The molecule has 0 heterocycles. The zero-order chi connectivity index (χ0) is 17.2. The molecule has 0 saturated heterocycles. The van der Waals surface area contributed by atoms with E-state index < -0.39 is 22.7 Å². The van der Waals surface area contributed by atoms with Crippen LogP contribution in [-0.2, 0) is 21.2 Å². The third kappa shape index (κ3) is 6.39. The van der Waals surface area contributed by atoms with E-state index in [0.29, 0.717) is 5.56 Å². The summed E-state index contributed by atoms with van der Waals surface area (Å²) < 4.78 is 43.3. The summed E-state index contributed by atoms with van der Waals surface area (Å²) in [5.41, 5.74) is 4.06. The van der Waals surface area contributed by atoms with Gasteiger partial charge in [-0.05, 0) is 45.4 Å². The summed E-state index contributed by atoms with van der Waals surface area (Å²) in [5.74, 6) is -0.368. The maximum Gasteiger partial charge on any atom is 0.416 e. The highest BCUT2D eigenvalue weighted by Gasteiger charge is 2.32. The molecule has 7 heteroatoms. The second kappa shape index (κ2) is 7.53. The number of hydrogen-bond acceptors (Lipinski definition) is 3. The third-order valence-corrected chi connectivity index (χ3v) is 3.32. The Labute approximate surface area is 140 Å². The molecule has 0 spiro atoms. The fraction of sp³-hybridized carbons (Fsp3) is 0.562. The van der Waals surface area contributed by atoms with Crippen LogP contribution in [0.15, 0.2) is 24.3 Å². The average molecular weight is 354 g/mol. The number of esters is 1. The first-order chi connectivity index (χ1) is 9.84. The number of rotatable bonds is 4. The first-order valence-corrected chi connectivity index (χ1v) is 6.98. The van der Waals surface area contributed by atoms with Crippen LogP contribution < -0.4 is 5.73 Å². The first-order valence-electron chi connectivity index (χ1n) is 6.98. The van der Waals surface area contributed by atoms with Gasteiger partial charge in [0.05, 0.1) is 17.6 Å². The topological polar surface area (TPSA) is 52.3 Å². The van der Waals surface area contributed by atoms with E-state index in [4.69, 9.17) is 10.5 Å². The lowest BCUT2D eigenvalue weighted by Gasteiger charge is -2.26. The summed E-state index contributed by atoms with van der Waals surface area (Å²) in [6.45, 7) is 6.85. The summed E-state index contributed by atoms with van der Waals surface area (Å²) >= 11 is 0. The van der Waals surface area contributed by atoms with Gasteiger partial charge in [-0.15, -0.1) is 12.4 Å². The molecule has 0 aliphatic rings. The SMILES string of the molecule is CC(C)(C)C(=O)OCCC(C)(N)c1cccc(C(F)(F)F)c1.Cl. The smallest absolute Gasteiger partial charge is 0.416 e. The zero-order valence-corrected chi connectivity index (χ0v) is 14.5. The number of carbonyl (C=O) groups excluding carboxylic acids is 1. The van der Waals surface area contributed by atoms with Crippen LogP contribution in [0.5, 0.6) is 0 Å². The monoisotopic (exact) mass is 353 g/mol. The van der Waals surface area contributed by atoms with Gasteiger partial charge in [-0.3, -0.25) is 4.79 Å². The number of nitrogens with two attached hydrogens (primary N) is 1. The number of hydrogen-bond donors (Lipinski definition) is 1. The minimum atomic E-state index is -4.41. The Morgan fingerprint density at radius 1 is 1.13 bits per heavy atom. The van der Waals surface area contributed by atoms with Crippen molar-refractivity contribution in [3.8, 4) is 0 Å². The molecular formula is C16H23ClF3NO2. The van der Waals surface area contributed by atoms with Crippen LogP contribution in [0.1, 0.15) is 45.2 Å². The van der Waals surface area contributed by atoms with E-state index in [1.165, 1.54) is 6.07 Å². The highest BCUT2D eigenvalue weighted by atomic mass is 35.5. The zero-order valence-electron chi connectivity index (χ0n) is 13.7. The minimum Gasteiger partial charge on any atom is -0.465 e. The maximum atomic E-state index is 12.7. The predicted molar refractivity (Wildman–Crippen MR) is 85.3 cm³/mol. The Hall–Kier alpha value is -1.27. The standard InChI is InChI=1S/C16H22F3NO2.ClH/c1-14(2,3)13(21)22-9-8-15(4,20)11-6-5-7-12(10-11)16(17,18)19;/h5-7,10H,8-9,20H2,1-4H3;1H. The summed E-state index contributed by atoms with van der Waals surface area (Å²) in [6, 6.07) is 4.90. The minimum absolute atomic E-state index is 0. The summed E-state index contributed by atoms with van der Waals surface area (Å²) in [4.78, 5) is 11.7. The van der Waals surface area contributed by atoms with Crippen molar-refractivity contribution in [3.63, 3.8) is 0 Å². The van der Waals surface area contributed by atoms with Gasteiger partial charge in [0, 0.05) is 12.0 Å². The van der Waals surface area contributed by atoms with Crippen LogP contribution >= 0.6 is 12.4 Å². The van der Waals surface area contributed by atoms with E-state index in [1.807, 2.05) is 0 Å². The Morgan fingerprint density at radius 3 is 2.13 bits per heavy atom. The molecule has 0 aromatic heterocycles. The van der Waals surface area contributed by atoms with E-state index >= 15 is 0 Å². The Balaban J connectivity index is 0.00000484. The van der Waals surface area contributed by atoms with Gasteiger partial charge in [0.15, 0.2) is 0 Å². The van der Waals surface area contributed by atoms with Crippen molar-refractivity contribution in [2.45, 2.75) is 45.8 Å². The molecule has 1 atom stereocenters. The largest absolute Gasteiger partial charge is 0.465 e. The van der Waals surface area contributed by atoms with Crippen molar-refractivity contribution in [1.82, 2.24) is 0 Å². The van der Waals surface area contributed by atoms with Crippen molar-refractivity contribution >= 4 is 18.4 Å². The van der Waals surface area contributed by atoms with Crippen LogP contribution in [0.3, 0.4) is 0 Å². The quantitative estimate of drug-likeness (QED) is 0.822. The number of benzene rings is 1. The van der Waals surface area contributed by atoms with Crippen molar-refractivity contribution < 1.29 is 22.7 Å². The van der Waals surface area contributed by atoms with Crippen LogP contribution in [0, 0.1) is 5.41 Å². The highest BCUT2D eigenvalue weighted by molar-refractivity contribution is 5.85. The molecule has 0 aliphatic carbocycles. The molecular weight excluding hydrogens is 331 g/mol. The number of halogens is 4. The predicted octanol–water partition coefficient (Wildman–Crippen LogP) is 4.28. The molecule has 3 nitrogen and oxygen atoms in total. The number of carbonyl (C=O) groups is 1. The van der Waals surface area contributed by atoms with Gasteiger partial charge in [0.1, 0.15) is 0 Å². The Morgan fingerprint density at radius 2 is 1.65 bits per heavy atom. The van der Waals surface area contributed by atoms with E-state index in [0.717, 1.165) is 12.1 Å². The molecule has 0 radical (unpaired) electrons. The molecule has 1 aromatic carbocycles. The molecule has 1 aromatic rings. The lowest BCUT2D eigenvalue weighted by molar-refractivity contribution is -0.153. The van der Waals surface area contributed by atoms with Gasteiger partial charge < -0.3 is 10.5 Å². The van der Waals surface area contributed by atoms with E-state index in [9.17, 15) is 18.0 Å². The van der Waals surface area contributed by atoms with Gasteiger partial charge in [-0.2, -0.15) is 13.2 Å². The Bertz CT molecular complexity index is 537. The van der Waals surface area contributed by atoms with Gasteiger partial charge in [-0.25, -0.2) is 0 Å². The van der Waals surface area contributed by atoms with Crippen LogP contribution in [-0.4, -0.2) is 12.6 Å². The second-order valence-electron chi connectivity index (χ2n) is 6.63. The van der Waals surface area contributed by atoms with Crippen molar-refractivity contribution in [2.24, 2.45) is 11.1 Å². The lowest BCUT2D eigenvalue weighted by atomic mass is 9.89. The van der Waals surface area contributed by atoms with E-state index in [2.05, 4.69) is 0 Å². The molecule has 132 valence electrons. The molecule has 23 heavy (non-hydrogen) atoms. The Kier molecular flexibility index (Phi) is 7.12. The summed E-state index contributed by atoms with van der Waals surface area (Å²) in [5, 5.41) is 0. The third-order valence-electron chi connectivity index (χ3n) is 3.32. The molecule has 1 rings (SSSR count). The molecule has 2 N–H and O–H groups in total. The van der Waals surface area contributed by atoms with Gasteiger partial charge >= 0.3 is 12.1 Å². The van der Waals surface area contributed by atoms with Gasteiger partial charge in [0.2, 0.25) is 0 Å². The molecule has 0 bridgehead atoms. The number of alkyl halides is 3. The lowest BCUT2D eigenvalue weighted by Crippen LogP contribution is -2.35. The first kappa shape index (κ1) is 21.7. The summed E-state index contributed by atoms with van der Waals surface area (Å²) in [6.07, 6.45) is -4.18.